The Bertz CT molecular complexity index is 272. The third-order valence-electron chi connectivity index (χ3n) is 2.66. The number of rotatable bonds is 6. The van der Waals surface area contributed by atoms with Crippen molar-refractivity contribution in [1.29, 1.82) is 0 Å². The van der Waals surface area contributed by atoms with Crippen molar-refractivity contribution in [3.63, 3.8) is 0 Å². The predicted molar refractivity (Wildman–Crippen MR) is 75.1 cm³/mol. The van der Waals surface area contributed by atoms with Gasteiger partial charge in [-0.05, 0) is 12.1 Å². The van der Waals surface area contributed by atoms with Crippen LogP contribution < -0.4 is 4.30 Å². The molecule has 0 amide bonds. The Morgan fingerprint density at radius 2 is 1.44 bits per heavy atom. The van der Waals surface area contributed by atoms with Crippen molar-refractivity contribution < 1.29 is 0 Å². The van der Waals surface area contributed by atoms with Gasteiger partial charge in [-0.3, -0.25) is 0 Å². The highest BCUT2D eigenvalue weighted by molar-refractivity contribution is 6.62. The van der Waals surface area contributed by atoms with Crippen LogP contribution in [0, 0.1) is 11.8 Å². The van der Waals surface area contributed by atoms with Crippen LogP contribution in [0.3, 0.4) is 0 Å². The van der Waals surface area contributed by atoms with E-state index in [0.29, 0.717) is 0 Å². The third kappa shape index (κ3) is 5.59. The van der Waals surface area contributed by atoms with Gasteiger partial charge in [-0.2, -0.15) is 0 Å². The largest absolute Gasteiger partial charge is 0.476 e. The summed E-state index contributed by atoms with van der Waals surface area (Å²) in [5.74, 6) is 1.62. The van der Waals surface area contributed by atoms with Crippen LogP contribution in [0.25, 0.3) is 0 Å². The normalized spacial score (nSPS) is 10.9. The summed E-state index contributed by atoms with van der Waals surface area (Å²) < 4.78 is 3.78. The van der Waals surface area contributed by atoms with Gasteiger partial charge in [0.25, 0.3) is 0 Å². The smallest absolute Gasteiger partial charge is 0.411 e. The van der Waals surface area contributed by atoms with Crippen molar-refractivity contribution in [2.45, 2.75) is 38.3 Å². The van der Waals surface area contributed by atoms with Crippen molar-refractivity contribution in [2.75, 3.05) is 4.30 Å². The maximum absolute atomic E-state index is 3.78. The van der Waals surface area contributed by atoms with Crippen LogP contribution in [0.1, 0.15) is 27.7 Å². The molecular formula is C14H24AlN. The average Bonchev–Trinajstić information content (AvgIpc) is 2.16. The zero-order valence-electron chi connectivity index (χ0n) is 11.0. The first kappa shape index (κ1) is 13.6. The topological polar surface area (TPSA) is 12.0 Å². The summed E-state index contributed by atoms with van der Waals surface area (Å²) >= 11 is -0.826. The molecule has 0 heterocycles. The first-order valence-corrected chi connectivity index (χ1v) is 8.60. The fourth-order valence-corrected chi connectivity index (χ4v) is 5.49. The van der Waals surface area contributed by atoms with Crippen molar-refractivity contribution in [2.24, 2.45) is 11.8 Å². The highest BCUT2D eigenvalue weighted by Gasteiger charge is 2.21. The molecule has 0 aliphatic carbocycles. The molecule has 0 spiro atoms. The molecule has 88 valence electrons. The number of para-hydroxylation sites is 1. The van der Waals surface area contributed by atoms with Crippen LogP contribution >= 0.6 is 0 Å². The summed E-state index contributed by atoms with van der Waals surface area (Å²) in [6.45, 7) is 9.31. The van der Waals surface area contributed by atoms with Gasteiger partial charge in [0, 0.05) is 5.69 Å². The zero-order valence-corrected chi connectivity index (χ0v) is 12.2. The van der Waals surface area contributed by atoms with E-state index >= 15 is 0 Å². The molecular weight excluding hydrogens is 209 g/mol. The van der Waals surface area contributed by atoms with Gasteiger partial charge >= 0.3 is 14.4 Å². The number of hydrogen-bond acceptors (Lipinski definition) is 1. The summed E-state index contributed by atoms with van der Waals surface area (Å²) in [6.07, 6.45) is 0. The van der Waals surface area contributed by atoms with E-state index in [1.807, 2.05) is 0 Å². The molecule has 0 atom stereocenters. The van der Waals surface area contributed by atoms with Gasteiger partial charge < -0.3 is 4.30 Å². The molecule has 1 N–H and O–H groups in total. The van der Waals surface area contributed by atoms with Crippen molar-refractivity contribution in [3.05, 3.63) is 30.3 Å². The maximum Gasteiger partial charge on any atom is 0.411 e. The van der Waals surface area contributed by atoms with E-state index in [1.54, 1.807) is 0 Å². The molecule has 1 nitrogen and oxygen atoms in total. The maximum atomic E-state index is 3.78. The van der Waals surface area contributed by atoms with Gasteiger partial charge in [0.1, 0.15) is 0 Å². The minimum atomic E-state index is -0.826. The van der Waals surface area contributed by atoms with Gasteiger partial charge in [0.15, 0.2) is 0 Å². The molecule has 0 unspecified atom stereocenters. The van der Waals surface area contributed by atoms with Crippen LogP contribution in [0.15, 0.2) is 30.3 Å². The van der Waals surface area contributed by atoms with Crippen LogP contribution in [0.2, 0.25) is 10.6 Å². The zero-order chi connectivity index (χ0) is 12.0. The second-order valence-corrected chi connectivity index (χ2v) is 8.09. The van der Waals surface area contributed by atoms with E-state index in [1.165, 1.54) is 16.3 Å². The molecule has 0 radical (unpaired) electrons. The van der Waals surface area contributed by atoms with Crippen molar-refractivity contribution in [3.8, 4) is 0 Å². The highest BCUT2D eigenvalue weighted by atomic mass is 27.2. The molecule has 0 bridgehead atoms. The van der Waals surface area contributed by atoms with E-state index in [2.05, 4.69) is 62.3 Å². The Labute approximate surface area is 105 Å². The summed E-state index contributed by atoms with van der Waals surface area (Å²) in [5.41, 5.74) is 1.31. The quantitative estimate of drug-likeness (QED) is 0.718. The Morgan fingerprint density at radius 3 is 1.88 bits per heavy atom. The summed E-state index contributed by atoms with van der Waals surface area (Å²) in [5, 5.41) is 2.76. The lowest BCUT2D eigenvalue weighted by atomic mass is 10.3. The van der Waals surface area contributed by atoms with E-state index in [9.17, 15) is 0 Å². The molecule has 0 saturated heterocycles. The molecule has 0 saturated carbocycles. The molecule has 1 aromatic rings. The number of anilines is 1. The van der Waals surface area contributed by atoms with Gasteiger partial charge in [0.2, 0.25) is 0 Å². The fraction of sp³-hybridized carbons (Fsp3) is 0.571. The molecule has 1 aromatic carbocycles. The number of benzene rings is 1. The summed E-state index contributed by atoms with van der Waals surface area (Å²) in [6, 6.07) is 10.7. The summed E-state index contributed by atoms with van der Waals surface area (Å²) in [7, 11) is 0. The van der Waals surface area contributed by atoms with Crippen LogP contribution in [-0.4, -0.2) is 14.4 Å². The van der Waals surface area contributed by atoms with E-state index < -0.39 is 14.4 Å². The minimum Gasteiger partial charge on any atom is -0.476 e. The molecule has 2 heteroatoms. The molecule has 0 aliphatic rings. The van der Waals surface area contributed by atoms with Crippen molar-refractivity contribution in [1.82, 2.24) is 0 Å². The Balaban J connectivity index is 2.56. The molecule has 0 aliphatic heterocycles. The number of hydrogen-bond donors (Lipinski definition) is 1. The molecule has 0 fully saturated rings. The Kier molecular flexibility index (Phi) is 5.95. The number of nitrogens with one attached hydrogen (secondary N) is 1. The standard InChI is InChI=1S/C6H6N.2C4H9.Al/c7-6-4-2-1-3-5-6;2*1-4(2)3;/h1-5,7H;2*4H,1H2,2-3H3;/q-1;;;+1. The monoisotopic (exact) mass is 233 g/mol. The second-order valence-electron chi connectivity index (χ2n) is 5.47. The molecule has 16 heavy (non-hydrogen) atoms. The lowest BCUT2D eigenvalue weighted by Gasteiger charge is -2.18. The lowest BCUT2D eigenvalue weighted by Crippen LogP contribution is -2.27. The molecule has 1 rings (SSSR count). The molecule has 0 aromatic heterocycles. The summed E-state index contributed by atoms with van der Waals surface area (Å²) in [4.78, 5) is 0. The van der Waals surface area contributed by atoms with Gasteiger partial charge in [-0.1, -0.05) is 68.3 Å². The van der Waals surface area contributed by atoms with Crippen LogP contribution in [0.4, 0.5) is 5.69 Å². The SMILES string of the molecule is CC(C)[CH2][Al]([CH2]C(C)C)[NH]c1ccccc1. The van der Waals surface area contributed by atoms with Gasteiger partial charge in [0.05, 0.1) is 0 Å². The second kappa shape index (κ2) is 6.99. The van der Waals surface area contributed by atoms with E-state index in [4.69, 9.17) is 0 Å². The Hall–Kier alpha value is -0.448. The minimum absolute atomic E-state index is 0.812. The highest BCUT2D eigenvalue weighted by Crippen LogP contribution is 2.17. The lowest BCUT2D eigenvalue weighted by molar-refractivity contribution is 0.691. The van der Waals surface area contributed by atoms with E-state index in [0.717, 1.165) is 11.8 Å². The predicted octanol–water partition coefficient (Wildman–Crippen LogP) is 4.40. The van der Waals surface area contributed by atoms with Gasteiger partial charge in [-0.15, -0.1) is 0 Å². The fourth-order valence-electron chi connectivity index (χ4n) is 2.12. The van der Waals surface area contributed by atoms with Gasteiger partial charge in [-0.25, -0.2) is 0 Å². The van der Waals surface area contributed by atoms with Crippen molar-refractivity contribution >= 4 is 20.1 Å². The van der Waals surface area contributed by atoms with E-state index in [-0.39, 0.29) is 0 Å². The van der Waals surface area contributed by atoms with Crippen LogP contribution in [-0.2, 0) is 0 Å². The first-order valence-electron chi connectivity index (χ1n) is 6.39. The van der Waals surface area contributed by atoms with Crippen LogP contribution in [0.5, 0.6) is 0 Å². The Morgan fingerprint density at radius 1 is 0.938 bits per heavy atom. The third-order valence-corrected chi connectivity index (χ3v) is 6.42. The average molecular weight is 233 g/mol. The first-order chi connectivity index (χ1) is 7.58.